The lowest BCUT2D eigenvalue weighted by Gasteiger charge is -2.52. The Morgan fingerprint density at radius 3 is 1.83 bits per heavy atom. The summed E-state index contributed by atoms with van der Waals surface area (Å²) in [6, 6.07) is 17.5. The number of alkyl halides is 2. The molecular weight excluding hydrogens is 502 g/mol. The lowest BCUT2D eigenvalue weighted by atomic mass is 9.53. The summed E-state index contributed by atoms with van der Waals surface area (Å²) in [5.41, 5.74) is 6.56. The van der Waals surface area contributed by atoms with E-state index >= 15 is 0 Å². The van der Waals surface area contributed by atoms with Crippen molar-refractivity contribution >= 4 is 49.6 Å². The van der Waals surface area contributed by atoms with Gasteiger partial charge in [0.2, 0.25) is 9.14 Å². The average Bonchev–Trinajstić information content (AvgIpc) is 2.75. The highest BCUT2D eigenvalue weighted by molar-refractivity contribution is 9.26. The fraction of sp³-hybridized carbons (Fsp3) is 0.238. The topological polar surface area (TPSA) is 90.3 Å². The van der Waals surface area contributed by atoms with Crippen molar-refractivity contribution in [3.8, 4) is 6.07 Å². The second kappa shape index (κ2) is 6.25. The number of benzene rings is 2. The first-order chi connectivity index (χ1) is 13.9. The van der Waals surface area contributed by atoms with Crippen molar-refractivity contribution in [2.24, 2.45) is 11.8 Å². The molecular formula is C21H13Br2N3O3. The van der Waals surface area contributed by atoms with Gasteiger partial charge in [-0.15, -0.1) is 0 Å². The molecule has 29 heavy (non-hydrogen) atoms. The van der Waals surface area contributed by atoms with Crippen LogP contribution < -0.4 is 5.43 Å². The minimum atomic E-state index is -1.79. The number of imide groups is 1. The molecule has 2 unspecified atom stereocenters. The number of nitrogens with zero attached hydrogens (tertiary/aromatic N) is 2. The van der Waals surface area contributed by atoms with Gasteiger partial charge in [-0.25, -0.2) is 0 Å². The molecule has 1 heterocycles. The normalized spacial score (nSPS) is 26.7. The van der Waals surface area contributed by atoms with E-state index in [-0.39, 0.29) is 11.8 Å². The van der Waals surface area contributed by atoms with E-state index in [2.05, 4.69) is 37.3 Å². The van der Waals surface area contributed by atoms with Gasteiger partial charge in [-0.05, 0) is 54.1 Å². The molecule has 1 aliphatic heterocycles. The number of carbonyl (C=O) groups is 3. The molecule has 144 valence electrons. The zero-order valence-electron chi connectivity index (χ0n) is 14.8. The monoisotopic (exact) mass is 513 g/mol. The molecule has 0 radical (unpaired) electrons. The van der Waals surface area contributed by atoms with E-state index in [1.54, 1.807) is 6.07 Å². The lowest BCUT2D eigenvalue weighted by Crippen LogP contribution is -2.66. The zero-order valence-corrected chi connectivity index (χ0v) is 18.0. The number of hydrogen-bond acceptors (Lipinski definition) is 4. The van der Waals surface area contributed by atoms with Gasteiger partial charge in [0.1, 0.15) is 6.07 Å². The number of hydrogen-bond donors (Lipinski definition) is 1. The van der Waals surface area contributed by atoms with Crippen LogP contribution in [0.3, 0.4) is 0 Å². The summed E-state index contributed by atoms with van der Waals surface area (Å²) in [7, 11) is 0. The quantitative estimate of drug-likeness (QED) is 0.592. The van der Waals surface area contributed by atoms with Gasteiger partial charge in [0.15, 0.2) is 0 Å². The van der Waals surface area contributed by atoms with Crippen LogP contribution in [0.25, 0.3) is 0 Å². The van der Waals surface area contributed by atoms with E-state index in [1.165, 1.54) is 0 Å². The van der Waals surface area contributed by atoms with Gasteiger partial charge < -0.3 is 0 Å². The summed E-state index contributed by atoms with van der Waals surface area (Å²) in [6.07, 6.45) is 0. The van der Waals surface area contributed by atoms with Gasteiger partial charge in [0.05, 0.1) is 11.8 Å². The van der Waals surface area contributed by atoms with Gasteiger partial charge in [0.25, 0.3) is 11.8 Å². The maximum atomic E-state index is 13.5. The van der Waals surface area contributed by atoms with Crippen molar-refractivity contribution in [3.05, 3.63) is 70.8 Å². The van der Waals surface area contributed by atoms with Gasteiger partial charge in [-0.2, -0.15) is 10.3 Å². The van der Waals surface area contributed by atoms with Crippen molar-refractivity contribution in [1.29, 1.82) is 5.26 Å². The minimum absolute atomic E-state index is 0.257. The number of halogens is 2. The van der Waals surface area contributed by atoms with Gasteiger partial charge in [0, 0.05) is 11.8 Å². The third kappa shape index (κ3) is 2.41. The summed E-state index contributed by atoms with van der Waals surface area (Å²) in [5.74, 6) is -3.67. The standard InChI is InChI=1S/C21H13Br2N3O3/c22-21(23,9-24)20(29)26-19(28)17-15-12-7-3-1-5-10(12)14(16(17)18(27)25-26)11-6-2-4-8-13(11)15/h1-8,14-17H,(H,25,27). The molecule has 6 nitrogen and oxygen atoms in total. The van der Waals surface area contributed by atoms with Crippen molar-refractivity contribution in [2.45, 2.75) is 15.1 Å². The molecule has 2 atom stereocenters. The van der Waals surface area contributed by atoms with E-state index in [1.807, 2.05) is 48.5 Å². The zero-order chi connectivity index (χ0) is 20.5. The van der Waals surface area contributed by atoms with Crippen molar-refractivity contribution < 1.29 is 14.4 Å². The van der Waals surface area contributed by atoms with Crippen molar-refractivity contribution in [3.63, 3.8) is 0 Å². The van der Waals surface area contributed by atoms with E-state index in [0.717, 1.165) is 22.3 Å². The Labute approximate surface area is 183 Å². The summed E-state index contributed by atoms with van der Waals surface area (Å²) < 4.78 is -1.79. The number of amides is 3. The first-order valence-corrected chi connectivity index (χ1v) is 10.6. The molecule has 2 bridgehead atoms. The molecule has 4 aliphatic rings. The number of hydrazine groups is 1. The molecule has 2 aromatic rings. The molecule has 3 amide bonds. The Morgan fingerprint density at radius 1 is 0.931 bits per heavy atom. The van der Waals surface area contributed by atoms with Crippen LogP contribution in [-0.2, 0) is 14.4 Å². The predicted molar refractivity (Wildman–Crippen MR) is 110 cm³/mol. The minimum Gasteiger partial charge on any atom is -0.273 e. The highest BCUT2D eigenvalue weighted by Crippen LogP contribution is 2.59. The predicted octanol–water partition coefficient (Wildman–Crippen LogP) is 2.92. The van der Waals surface area contributed by atoms with Crippen molar-refractivity contribution in [2.75, 3.05) is 0 Å². The Morgan fingerprint density at radius 2 is 1.38 bits per heavy atom. The van der Waals surface area contributed by atoms with E-state index in [9.17, 15) is 19.6 Å². The van der Waals surface area contributed by atoms with E-state index < -0.39 is 32.8 Å². The van der Waals surface area contributed by atoms with Crippen molar-refractivity contribution in [1.82, 2.24) is 10.4 Å². The fourth-order valence-electron chi connectivity index (χ4n) is 5.02. The van der Waals surface area contributed by atoms with Gasteiger partial charge in [-0.1, -0.05) is 48.5 Å². The van der Waals surface area contributed by atoms with Crippen LogP contribution in [0.1, 0.15) is 34.1 Å². The van der Waals surface area contributed by atoms with Crippen LogP contribution in [0, 0.1) is 23.2 Å². The summed E-state index contributed by atoms with van der Waals surface area (Å²) in [4.78, 5) is 39.4. The number of nitrogens with one attached hydrogen (secondary N) is 1. The summed E-state index contributed by atoms with van der Waals surface area (Å²) in [5, 5.41) is 9.91. The first kappa shape index (κ1) is 18.5. The fourth-order valence-corrected chi connectivity index (χ4v) is 5.37. The average molecular weight is 515 g/mol. The maximum Gasteiger partial charge on any atom is 0.290 e. The third-order valence-corrected chi connectivity index (χ3v) is 7.11. The Kier molecular flexibility index (Phi) is 3.99. The third-order valence-electron chi connectivity index (χ3n) is 6.08. The maximum absolute atomic E-state index is 13.5. The largest absolute Gasteiger partial charge is 0.290 e. The molecule has 1 N–H and O–H groups in total. The lowest BCUT2D eigenvalue weighted by molar-refractivity contribution is -0.166. The molecule has 6 rings (SSSR count). The molecule has 8 heteroatoms. The van der Waals surface area contributed by atoms with Crippen LogP contribution in [0.5, 0.6) is 0 Å². The smallest absolute Gasteiger partial charge is 0.273 e. The van der Waals surface area contributed by atoms with Gasteiger partial charge in [-0.3, -0.25) is 19.8 Å². The Bertz CT molecular complexity index is 1090. The van der Waals surface area contributed by atoms with Gasteiger partial charge >= 0.3 is 0 Å². The SMILES string of the molecule is N#CC(Br)(Br)C(=O)N1NC(=O)C2C3c4ccccc4C(c4ccccc43)C2C1=O. The van der Waals surface area contributed by atoms with Crippen LogP contribution in [0.4, 0.5) is 0 Å². The Balaban J connectivity index is 1.69. The van der Waals surface area contributed by atoms with Crippen LogP contribution >= 0.6 is 31.9 Å². The molecule has 0 spiro atoms. The molecule has 1 fully saturated rings. The van der Waals surface area contributed by atoms with Crippen LogP contribution in [-0.4, -0.2) is 26.0 Å². The Hall–Kier alpha value is -2.50. The highest BCUT2D eigenvalue weighted by atomic mass is 79.9. The highest BCUT2D eigenvalue weighted by Gasteiger charge is 2.60. The van der Waals surface area contributed by atoms with Crippen LogP contribution in [0.2, 0.25) is 0 Å². The number of carbonyl (C=O) groups excluding carboxylic acids is 3. The second-order valence-corrected chi connectivity index (χ2v) is 10.8. The van der Waals surface area contributed by atoms with Crippen LogP contribution in [0.15, 0.2) is 48.5 Å². The molecule has 2 aromatic carbocycles. The molecule has 0 saturated carbocycles. The van der Waals surface area contributed by atoms with E-state index in [4.69, 9.17) is 0 Å². The second-order valence-electron chi connectivity index (χ2n) is 7.41. The summed E-state index contributed by atoms with van der Waals surface area (Å²) in [6.45, 7) is 0. The molecule has 3 aliphatic carbocycles. The summed E-state index contributed by atoms with van der Waals surface area (Å²) >= 11 is 5.94. The number of nitriles is 1. The number of rotatable bonds is 1. The molecule has 1 saturated heterocycles. The van der Waals surface area contributed by atoms with E-state index in [0.29, 0.717) is 5.01 Å². The molecule has 0 aromatic heterocycles. The first-order valence-electron chi connectivity index (χ1n) is 9.02.